The van der Waals surface area contributed by atoms with Gasteiger partial charge in [-0.15, -0.1) is 22.7 Å². The number of carbonyl (C=O) groups is 1. The highest BCUT2D eigenvalue weighted by Gasteiger charge is 2.29. The molecule has 0 aliphatic heterocycles. The number of benzene rings is 2. The molecule has 224 valence electrons. The number of hydrogen-bond acceptors (Lipinski definition) is 6. The normalized spacial score (nSPS) is 13.1. The van der Waals surface area contributed by atoms with Crippen molar-refractivity contribution in [2.24, 2.45) is 11.1 Å². The van der Waals surface area contributed by atoms with E-state index in [4.69, 9.17) is 5.14 Å². The van der Waals surface area contributed by atoms with Crippen LogP contribution in [-0.2, 0) is 23.0 Å². The molecule has 0 saturated heterocycles. The highest BCUT2D eigenvalue weighted by Crippen LogP contribution is 2.41. The summed E-state index contributed by atoms with van der Waals surface area (Å²) in [6, 6.07) is 15.6. The number of thiophene rings is 1. The molecule has 44 heavy (non-hydrogen) atoms. The second-order valence-corrected chi connectivity index (χ2v) is 14.3. The second kappa shape index (κ2) is 11.7. The van der Waals surface area contributed by atoms with Gasteiger partial charge in [-0.05, 0) is 74.1 Å². The summed E-state index contributed by atoms with van der Waals surface area (Å²) in [5.74, 6) is 2.79. The van der Waals surface area contributed by atoms with Crippen LogP contribution in [0.15, 0.2) is 64.9 Å². The van der Waals surface area contributed by atoms with Gasteiger partial charge in [0.2, 0.25) is 10.0 Å². The quantitative estimate of drug-likeness (QED) is 0.182. The Hall–Kier alpha value is -4.15. The highest BCUT2D eigenvalue weighted by atomic mass is 32.2. The van der Waals surface area contributed by atoms with Gasteiger partial charge >= 0.3 is 5.97 Å². The lowest BCUT2D eigenvalue weighted by Crippen LogP contribution is -2.16. The molecule has 2 aromatic carbocycles. The Morgan fingerprint density at radius 3 is 2.57 bits per heavy atom. The van der Waals surface area contributed by atoms with Crippen molar-refractivity contribution in [3.8, 4) is 33.7 Å². The number of primary sulfonamides is 1. The van der Waals surface area contributed by atoms with Crippen LogP contribution < -0.4 is 5.14 Å². The van der Waals surface area contributed by atoms with Crippen molar-refractivity contribution < 1.29 is 27.1 Å². The predicted molar refractivity (Wildman–Crippen MR) is 166 cm³/mol. The molecule has 1 aliphatic carbocycles. The number of sulfonamides is 1. The number of thiazole rings is 1. The van der Waals surface area contributed by atoms with Crippen LogP contribution >= 0.6 is 22.7 Å². The molecule has 3 aromatic heterocycles. The van der Waals surface area contributed by atoms with Gasteiger partial charge in [-0.25, -0.2) is 32.1 Å². The smallest absolute Gasteiger partial charge is 0.355 e. The second-order valence-electron chi connectivity index (χ2n) is 10.6. The first kappa shape index (κ1) is 29.9. The molecule has 12 heteroatoms. The fourth-order valence-corrected chi connectivity index (χ4v) is 7.13. The molecule has 0 radical (unpaired) electrons. The maximum Gasteiger partial charge on any atom is 0.355 e. The van der Waals surface area contributed by atoms with E-state index in [0.29, 0.717) is 28.6 Å². The molecule has 6 rings (SSSR count). The third-order valence-corrected chi connectivity index (χ3v) is 10.1. The lowest BCUT2D eigenvalue weighted by Gasteiger charge is -2.16. The molecule has 0 bridgehead atoms. The van der Waals surface area contributed by atoms with E-state index < -0.39 is 32.5 Å². The molecule has 0 unspecified atom stereocenters. The van der Waals surface area contributed by atoms with Crippen LogP contribution in [0.25, 0.3) is 21.8 Å². The Kier molecular flexibility index (Phi) is 7.98. The van der Waals surface area contributed by atoms with E-state index in [1.165, 1.54) is 22.8 Å². The number of carboxylic acids is 1. The summed E-state index contributed by atoms with van der Waals surface area (Å²) >= 11 is 2.79. The van der Waals surface area contributed by atoms with Crippen LogP contribution in [-0.4, -0.2) is 29.0 Å². The summed E-state index contributed by atoms with van der Waals surface area (Å²) in [7, 11) is -4.47. The Morgan fingerprint density at radius 1 is 1.11 bits per heavy atom. The van der Waals surface area contributed by atoms with Crippen molar-refractivity contribution in [3.63, 3.8) is 0 Å². The number of nitrogens with two attached hydrogens (primary N) is 1. The Bertz CT molecular complexity index is 2100. The first-order chi connectivity index (χ1) is 21.0. The van der Waals surface area contributed by atoms with Crippen molar-refractivity contribution >= 4 is 38.7 Å². The standard InChI is InChI=1S/C32H25F2N3O4S3/c1-18-5-10-23(43-18)11-8-19-3-2-4-21(13-19)26-15-24(31-36-25(17-42-31)32(38)39)27(14-20-6-7-20)37(26)16-22-9-12-28(44(35,40)41)30(34)29(22)33/h2-5,9-10,12-13,15,17,20H,6-7,14,16H2,1H3,(H,38,39)(H2,35,40,41). The van der Waals surface area contributed by atoms with Crippen molar-refractivity contribution in [1.82, 2.24) is 9.55 Å². The average Bonchev–Trinajstić information content (AvgIpc) is 3.33. The van der Waals surface area contributed by atoms with E-state index in [9.17, 15) is 22.7 Å². The zero-order valence-corrected chi connectivity index (χ0v) is 25.8. The Labute approximate surface area is 260 Å². The minimum absolute atomic E-state index is 0.0651. The van der Waals surface area contributed by atoms with Crippen LogP contribution in [0, 0.1) is 36.3 Å². The van der Waals surface area contributed by atoms with Gasteiger partial charge in [0.1, 0.15) is 9.90 Å². The predicted octanol–water partition coefficient (Wildman–Crippen LogP) is 6.67. The van der Waals surface area contributed by atoms with Gasteiger partial charge in [0.05, 0.1) is 11.4 Å². The SMILES string of the molecule is Cc1ccc(C#Cc2cccc(-c3cc(-c4nc(C(=O)O)cs4)c(CC4CC4)n3Cc3ccc(S(N)(=O)=O)c(F)c3F)c2)s1. The Balaban J connectivity index is 1.51. The number of halogens is 2. The largest absolute Gasteiger partial charge is 0.476 e. The lowest BCUT2D eigenvalue weighted by molar-refractivity contribution is 0.0691. The molecular formula is C32H25F2N3O4S3. The van der Waals surface area contributed by atoms with Gasteiger partial charge in [0.15, 0.2) is 17.3 Å². The molecule has 0 atom stereocenters. The summed E-state index contributed by atoms with van der Waals surface area (Å²) in [4.78, 5) is 17.1. The molecule has 1 aliphatic rings. The highest BCUT2D eigenvalue weighted by molar-refractivity contribution is 7.89. The van der Waals surface area contributed by atoms with Gasteiger partial charge in [0.25, 0.3) is 0 Å². The average molecular weight is 650 g/mol. The fourth-order valence-electron chi connectivity index (χ4n) is 4.98. The van der Waals surface area contributed by atoms with E-state index in [1.807, 2.05) is 54.0 Å². The number of carboxylic acid groups (broad SMARTS) is 1. The zero-order chi connectivity index (χ0) is 31.2. The topological polar surface area (TPSA) is 115 Å². The molecule has 0 amide bonds. The third-order valence-electron chi connectivity index (χ3n) is 7.33. The molecular weight excluding hydrogens is 625 g/mol. The van der Waals surface area contributed by atoms with Crippen molar-refractivity contribution in [1.29, 1.82) is 0 Å². The monoisotopic (exact) mass is 649 g/mol. The summed E-state index contributed by atoms with van der Waals surface area (Å²) in [6.07, 6.45) is 2.64. The number of rotatable bonds is 8. The fraction of sp³-hybridized carbons (Fsp3) is 0.188. The Morgan fingerprint density at radius 2 is 1.91 bits per heavy atom. The minimum Gasteiger partial charge on any atom is -0.476 e. The van der Waals surface area contributed by atoms with Crippen LogP contribution in [0.1, 0.15) is 49.9 Å². The summed E-state index contributed by atoms with van der Waals surface area (Å²) in [5, 5.41) is 16.6. The minimum atomic E-state index is -4.47. The third kappa shape index (κ3) is 6.23. The van der Waals surface area contributed by atoms with E-state index >= 15 is 4.39 Å². The number of aryl methyl sites for hydroxylation is 1. The van der Waals surface area contributed by atoms with E-state index in [2.05, 4.69) is 16.8 Å². The van der Waals surface area contributed by atoms with Gasteiger partial charge < -0.3 is 9.67 Å². The molecule has 3 N–H and O–H groups in total. The zero-order valence-electron chi connectivity index (χ0n) is 23.3. The van der Waals surface area contributed by atoms with Gasteiger partial charge in [-0.1, -0.05) is 30.0 Å². The molecule has 3 heterocycles. The van der Waals surface area contributed by atoms with Crippen LogP contribution in [0.2, 0.25) is 0 Å². The van der Waals surface area contributed by atoms with Crippen LogP contribution in [0.3, 0.4) is 0 Å². The first-order valence-electron chi connectivity index (χ1n) is 13.6. The van der Waals surface area contributed by atoms with Gasteiger partial charge in [-0.2, -0.15) is 0 Å². The number of aromatic carboxylic acids is 1. The molecule has 1 saturated carbocycles. The molecule has 1 fully saturated rings. The van der Waals surface area contributed by atoms with E-state index in [-0.39, 0.29) is 17.8 Å². The van der Waals surface area contributed by atoms with Gasteiger partial charge in [0, 0.05) is 38.3 Å². The van der Waals surface area contributed by atoms with Crippen LogP contribution in [0.4, 0.5) is 8.78 Å². The van der Waals surface area contributed by atoms with Gasteiger partial charge in [-0.3, -0.25) is 0 Å². The van der Waals surface area contributed by atoms with Crippen LogP contribution in [0.5, 0.6) is 0 Å². The maximum atomic E-state index is 15.4. The summed E-state index contributed by atoms with van der Waals surface area (Å²) < 4.78 is 55.7. The van der Waals surface area contributed by atoms with Crippen molar-refractivity contribution in [2.45, 2.75) is 37.6 Å². The van der Waals surface area contributed by atoms with Crippen molar-refractivity contribution in [2.75, 3.05) is 0 Å². The molecule has 7 nitrogen and oxygen atoms in total. The molecule has 5 aromatic rings. The number of nitrogens with zero attached hydrogens (tertiary/aromatic N) is 2. The van der Waals surface area contributed by atoms with E-state index in [1.54, 1.807) is 11.3 Å². The number of hydrogen-bond donors (Lipinski definition) is 2. The first-order valence-corrected chi connectivity index (χ1v) is 16.8. The van der Waals surface area contributed by atoms with Crippen molar-refractivity contribution in [3.05, 3.63) is 104 Å². The summed E-state index contributed by atoms with van der Waals surface area (Å²) in [5.41, 5.74) is 3.55. The lowest BCUT2D eigenvalue weighted by atomic mass is 10.1. The van der Waals surface area contributed by atoms with E-state index in [0.717, 1.165) is 45.5 Å². The molecule has 0 spiro atoms. The number of aromatic nitrogens is 2. The summed E-state index contributed by atoms with van der Waals surface area (Å²) in [6.45, 7) is 1.90. The maximum absolute atomic E-state index is 15.4.